The van der Waals surface area contributed by atoms with E-state index in [1.807, 2.05) is 30.3 Å². The number of carbonyl (C=O) groups is 2. The number of fused-ring (bicyclic) bond motifs is 1. The van der Waals surface area contributed by atoms with Gasteiger partial charge in [0.05, 0.1) is 25.7 Å². The minimum Gasteiger partial charge on any atom is -0.479 e. The zero-order valence-electron chi connectivity index (χ0n) is 20.5. The molecule has 5 N–H and O–H groups in total. The van der Waals surface area contributed by atoms with E-state index in [4.69, 9.17) is 26.8 Å². The number of nitrogens with two attached hydrogens (primary N) is 1. The number of benzene rings is 1. The molecule has 5 rings (SSSR count). The van der Waals surface area contributed by atoms with E-state index in [1.165, 1.54) is 23.4 Å². The van der Waals surface area contributed by atoms with E-state index in [0.717, 1.165) is 10.1 Å². The van der Waals surface area contributed by atoms with E-state index >= 15 is 4.39 Å². The van der Waals surface area contributed by atoms with Gasteiger partial charge in [0.25, 0.3) is 5.60 Å². The summed E-state index contributed by atoms with van der Waals surface area (Å²) in [6, 6.07) is 9.33. The summed E-state index contributed by atoms with van der Waals surface area (Å²) in [5.41, 5.74) is 4.37. The lowest BCUT2D eigenvalue weighted by Gasteiger charge is -2.27. The Hall–Kier alpha value is -4.18. The minimum atomic E-state index is -2.77. The molecule has 3 aromatic heterocycles. The molecule has 14 nitrogen and oxygen atoms in total. The van der Waals surface area contributed by atoms with Crippen LogP contribution in [0.25, 0.3) is 11.2 Å². The van der Waals surface area contributed by atoms with Gasteiger partial charge in [0.15, 0.2) is 23.9 Å². The van der Waals surface area contributed by atoms with Crippen molar-refractivity contribution in [2.45, 2.75) is 43.2 Å². The number of aliphatic carboxylic acids is 2. The SMILES string of the molecule is Nc1nc(Cl)nc2c1ncn2[C@@H]1O[C@H](COC(Cc2cnn(Cc3ccccc3)c2)(C(=O)O)C(=O)O)[C@@H](O)[C@@H]1F. The number of hydrogen-bond acceptors (Lipinski definition) is 10. The molecule has 1 aromatic carbocycles. The average molecular weight is 576 g/mol. The zero-order valence-corrected chi connectivity index (χ0v) is 21.3. The molecule has 1 aliphatic heterocycles. The molecule has 16 heteroatoms. The first-order chi connectivity index (χ1) is 19.1. The minimum absolute atomic E-state index is 0.0388. The molecule has 210 valence electrons. The molecule has 0 unspecified atom stereocenters. The predicted octanol–water partition coefficient (Wildman–Crippen LogP) is 1.07. The van der Waals surface area contributed by atoms with E-state index in [9.17, 15) is 24.9 Å². The molecule has 0 spiro atoms. The topological polar surface area (TPSA) is 201 Å². The smallest absolute Gasteiger partial charge is 0.348 e. The van der Waals surface area contributed by atoms with Gasteiger partial charge in [-0.3, -0.25) is 9.25 Å². The van der Waals surface area contributed by atoms with E-state index in [0.29, 0.717) is 6.54 Å². The number of alkyl halides is 1. The van der Waals surface area contributed by atoms with Crippen LogP contribution >= 0.6 is 11.6 Å². The van der Waals surface area contributed by atoms with Crippen LogP contribution in [0.5, 0.6) is 0 Å². The van der Waals surface area contributed by atoms with Crippen LogP contribution in [0.15, 0.2) is 49.1 Å². The predicted molar refractivity (Wildman–Crippen MR) is 135 cm³/mol. The molecule has 0 bridgehead atoms. The van der Waals surface area contributed by atoms with E-state index in [2.05, 4.69) is 20.1 Å². The van der Waals surface area contributed by atoms with E-state index in [1.54, 1.807) is 0 Å². The number of carboxylic acid groups (broad SMARTS) is 2. The van der Waals surface area contributed by atoms with Gasteiger partial charge in [-0.1, -0.05) is 30.3 Å². The van der Waals surface area contributed by atoms with Crippen LogP contribution in [0.1, 0.15) is 17.4 Å². The number of imidazole rings is 1. The first kappa shape index (κ1) is 27.4. The summed E-state index contributed by atoms with van der Waals surface area (Å²) in [4.78, 5) is 36.2. The van der Waals surface area contributed by atoms with E-state index < -0.39 is 55.2 Å². The number of carboxylic acids is 2. The maximum atomic E-state index is 15.2. The van der Waals surface area contributed by atoms with Crippen LogP contribution in [-0.2, 0) is 32.0 Å². The van der Waals surface area contributed by atoms with Crippen molar-refractivity contribution in [3.8, 4) is 0 Å². The number of nitrogens with zero attached hydrogens (tertiary/aromatic N) is 6. The molecule has 1 fully saturated rings. The van der Waals surface area contributed by atoms with Crippen molar-refractivity contribution in [1.82, 2.24) is 29.3 Å². The zero-order chi connectivity index (χ0) is 28.6. The highest BCUT2D eigenvalue weighted by Gasteiger charge is 2.52. The Morgan fingerprint density at radius 2 is 1.90 bits per heavy atom. The Bertz CT molecular complexity index is 1540. The lowest BCUT2D eigenvalue weighted by molar-refractivity contribution is -0.190. The summed E-state index contributed by atoms with van der Waals surface area (Å²) in [5, 5.41) is 34.3. The molecule has 4 aromatic rings. The van der Waals surface area contributed by atoms with Crippen LogP contribution in [0.3, 0.4) is 0 Å². The monoisotopic (exact) mass is 575 g/mol. The Kier molecular flexibility index (Phi) is 7.37. The fourth-order valence-corrected chi connectivity index (χ4v) is 4.62. The molecule has 0 saturated carbocycles. The maximum Gasteiger partial charge on any atom is 0.348 e. The standard InChI is InChI=1S/C24H23ClFN7O7/c25-23-30-18(27)16-19(31-23)33(11-28-16)20-15(26)17(34)14(40-20)10-39-24(21(35)36,22(37)38)6-13-7-29-32(9-13)8-12-4-2-1-3-5-12/h1-5,7,9,11,14-15,17,20,34H,6,8,10H2,(H,35,36)(H,37,38)(H2,27,30,31)/t14-,15+,17-,20-/m1/s1. The van der Waals surface area contributed by atoms with Gasteiger partial charge in [0.2, 0.25) is 5.28 Å². The molecule has 1 saturated heterocycles. The quantitative estimate of drug-likeness (QED) is 0.155. The van der Waals surface area contributed by atoms with Gasteiger partial charge in [-0.05, 0) is 22.7 Å². The molecule has 0 radical (unpaired) electrons. The number of halogens is 2. The highest BCUT2D eigenvalue weighted by molar-refractivity contribution is 6.28. The summed E-state index contributed by atoms with van der Waals surface area (Å²) >= 11 is 5.86. The molecule has 4 heterocycles. The number of aromatic nitrogens is 6. The van der Waals surface area contributed by atoms with Crippen LogP contribution in [0.2, 0.25) is 5.28 Å². The summed E-state index contributed by atoms with van der Waals surface area (Å²) in [6.07, 6.45) is -3.33. The highest BCUT2D eigenvalue weighted by atomic mass is 35.5. The van der Waals surface area contributed by atoms with Crippen LogP contribution in [0, 0.1) is 0 Å². The molecular formula is C24H23ClFN7O7. The first-order valence-electron chi connectivity index (χ1n) is 11.9. The highest BCUT2D eigenvalue weighted by Crippen LogP contribution is 2.35. The number of anilines is 1. The van der Waals surface area contributed by atoms with Crippen molar-refractivity contribution in [3.05, 3.63) is 65.5 Å². The molecule has 1 aliphatic rings. The van der Waals surface area contributed by atoms with E-state index in [-0.39, 0.29) is 27.8 Å². The average Bonchev–Trinajstić information content (AvgIpc) is 3.60. The Balaban J connectivity index is 1.33. The molecule has 0 amide bonds. The van der Waals surface area contributed by atoms with Crippen molar-refractivity contribution in [3.63, 3.8) is 0 Å². The van der Waals surface area contributed by atoms with Gasteiger partial charge in [-0.25, -0.2) is 19.0 Å². The van der Waals surface area contributed by atoms with Gasteiger partial charge < -0.3 is 30.5 Å². The van der Waals surface area contributed by atoms with Crippen molar-refractivity contribution in [2.24, 2.45) is 0 Å². The number of rotatable bonds is 10. The Morgan fingerprint density at radius 3 is 2.60 bits per heavy atom. The van der Waals surface area contributed by atoms with Crippen molar-refractivity contribution < 1.29 is 38.8 Å². The number of aliphatic hydroxyl groups is 1. The number of aliphatic hydroxyl groups excluding tert-OH is 1. The van der Waals surface area contributed by atoms with Crippen LogP contribution in [-0.4, -0.2) is 87.1 Å². The first-order valence-corrected chi connectivity index (χ1v) is 12.3. The molecule has 0 aliphatic carbocycles. The summed E-state index contributed by atoms with van der Waals surface area (Å²) < 4.78 is 28.9. The van der Waals surface area contributed by atoms with Gasteiger partial charge in [-0.15, -0.1) is 0 Å². The second-order valence-corrected chi connectivity index (χ2v) is 9.50. The second-order valence-electron chi connectivity index (χ2n) is 9.16. The third kappa shape index (κ3) is 5.06. The van der Waals surface area contributed by atoms with Crippen molar-refractivity contribution >= 4 is 40.5 Å². The Morgan fingerprint density at radius 1 is 1.18 bits per heavy atom. The number of nitrogen functional groups attached to an aromatic ring is 1. The van der Waals surface area contributed by atoms with Crippen molar-refractivity contribution in [1.29, 1.82) is 0 Å². The normalized spacial score (nSPS) is 21.2. The summed E-state index contributed by atoms with van der Waals surface area (Å²) in [6.45, 7) is -0.389. The molecule has 4 atom stereocenters. The third-order valence-corrected chi connectivity index (χ3v) is 6.67. The lowest BCUT2D eigenvalue weighted by atomic mass is 9.96. The fourth-order valence-electron chi connectivity index (χ4n) is 4.45. The molecular weight excluding hydrogens is 553 g/mol. The van der Waals surface area contributed by atoms with Gasteiger partial charge in [-0.2, -0.15) is 15.1 Å². The van der Waals surface area contributed by atoms with Gasteiger partial charge in [0, 0.05) is 12.6 Å². The second kappa shape index (κ2) is 10.8. The fraction of sp³-hybridized carbons (Fsp3) is 0.333. The molecule has 40 heavy (non-hydrogen) atoms. The van der Waals surface area contributed by atoms with Crippen LogP contribution in [0.4, 0.5) is 10.2 Å². The largest absolute Gasteiger partial charge is 0.479 e. The maximum absolute atomic E-state index is 15.2. The Labute approximate surface area is 229 Å². The van der Waals surface area contributed by atoms with Gasteiger partial charge in [0.1, 0.15) is 17.7 Å². The third-order valence-electron chi connectivity index (χ3n) is 6.50. The van der Waals surface area contributed by atoms with Crippen LogP contribution < -0.4 is 5.73 Å². The van der Waals surface area contributed by atoms with Crippen molar-refractivity contribution in [2.75, 3.05) is 12.3 Å². The number of ether oxygens (including phenoxy) is 2. The van der Waals surface area contributed by atoms with Gasteiger partial charge >= 0.3 is 11.9 Å². The lowest BCUT2D eigenvalue weighted by Crippen LogP contribution is -2.52. The number of hydrogen-bond donors (Lipinski definition) is 4. The summed E-state index contributed by atoms with van der Waals surface area (Å²) in [7, 11) is 0. The summed E-state index contributed by atoms with van der Waals surface area (Å²) in [5.74, 6) is -3.64.